The van der Waals surface area contributed by atoms with Crippen LogP contribution >= 0.6 is 0 Å². The minimum Gasteiger partial charge on any atom is -0.349 e. The molecule has 1 N–H and O–H groups in total. The molecule has 1 heterocycles. The van der Waals surface area contributed by atoms with Gasteiger partial charge in [-0.05, 0) is 30.5 Å². The predicted octanol–water partition coefficient (Wildman–Crippen LogP) is 4.05. The zero-order chi connectivity index (χ0) is 16.2. The van der Waals surface area contributed by atoms with Crippen molar-refractivity contribution in [2.75, 3.05) is 0 Å². The third-order valence-corrected chi connectivity index (χ3v) is 4.01. The van der Waals surface area contributed by atoms with Crippen LogP contribution in [0.5, 0.6) is 0 Å². The fraction of sp³-hybridized carbons (Fsp3) is 0.211. The molecule has 0 bridgehead atoms. The minimum atomic E-state index is -0.342. The van der Waals surface area contributed by atoms with Gasteiger partial charge in [-0.1, -0.05) is 36.4 Å². The molecule has 3 aromatic rings. The smallest absolute Gasteiger partial charge is 0.222 e. The largest absolute Gasteiger partial charge is 0.349 e. The summed E-state index contributed by atoms with van der Waals surface area (Å²) >= 11 is 0. The molecule has 0 saturated carbocycles. The summed E-state index contributed by atoms with van der Waals surface area (Å²) in [7, 11) is 0. The molecule has 1 aromatic heterocycles. The van der Waals surface area contributed by atoms with Crippen molar-refractivity contribution in [3.8, 4) is 0 Å². The molecule has 1 amide bonds. The fourth-order valence-electron chi connectivity index (χ4n) is 2.78. The number of aromatic nitrogens is 1. The lowest BCUT2D eigenvalue weighted by molar-refractivity contribution is -0.121. The number of halogens is 1. The van der Waals surface area contributed by atoms with Gasteiger partial charge < -0.3 is 9.88 Å². The van der Waals surface area contributed by atoms with Gasteiger partial charge >= 0.3 is 0 Å². The Morgan fingerprint density at radius 2 is 1.87 bits per heavy atom. The molecule has 0 aliphatic heterocycles. The first kappa shape index (κ1) is 15.3. The van der Waals surface area contributed by atoms with Gasteiger partial charge in [-0.2, -0.15) is 0 Å². The SMILES string of the molecule is C[C@H](NC(=O)CCn1ccc2ccccc21)c1ccccc1F. The standard InChI is InChI=1S/C19H19FN2O/c1-14(16-7-3-4-8-17(16)20)21-19(23)11-13-22-12-10-15-6-2-5-9-18(15)22/h2-10,12,14H,11,13H2,1H3,(H,21,23)/t14-/m0/s1. The van der Waals surface area contributed by atoms with Crippen LogP contribution in [0.15, 0.2) is 60.8 Å². The number of hydrogen-bond acceptors (Lipinski definition) is 1. The summed E-state index contributed by atoms with van der Waals surface area (Å²) in [4.78, 5) is 12.1. The first-order valence-electron chi connectivity index (χ1n) is 7.73. The summed E-state index contributed by atoms with van der Waals surface area (Å²) in [6.07, 6.45) is 2.34. The fourth-order valence-corrected chi connectivity index (χ4v) is 2.78. The summed E-state index contributed by atoms with van der Waals surface area (Å²) < 4.78 is 15.8. The number of fused-ring (bicyclic) bond motifs is 1. The van der Waals surface area contributed by atoms with Gasteiger partial charge in [-0.3, -0.25) is 4.79 Å². The van der Waals surface area contributed by atoms with E-state index >= 15 is 0 Å². The minimum absolute atomic E-state index is 0.0847. The van der Waals surface area contributed by atoms with E-state index in [1.165, 1.54) is 6.07 Å². The van der Waals surface area contributed by atoms with E-state index in [2.05, 4.69) is 9.88 Å². The van der Waals surface area contributed by atoms with Crippen LogP contribution in [0.1, 0.15) is 24.9 Å². The van der Waals surface area contributed by atoms with Crippen LogP contribution in [0.4, 0.5) is 4.39 Å². The first-order valence-corrected chi connectivity index (χ1v) is 7.73. The Bertz CT molecular complexity index is 825. The van der Waals surface area contributed by atoms with Crippen molar-refractivity contribution >= 4 is 16.8 Å². The van der Waals surface area contributed by atoms with E-state index in [1.54, 1.807) is 25.1 Å². The van der Waals surface area contributed by atoms with Crippen molar-refractivity contribution in [2.24, 2.45) is 0 Å². The molecule has 0 spiro atoms. The molecular formula is C19H19FN2O. The van der Waals surface area contributed by atoms with E-state index < -0.39 is 0 Å². The van der Waals surface area contributed by atoms with Crippen molar-refractivity contribution in [1.82, 2.24) is 9.88 Å². The number of rotatable bonds is 5. The summed E-state index contributed by atoms with van der Waals surface area (Å²) in [5.74, 6) is -0.379. The Labute approximate surface area is 134 Å². The molecule has 4 heteroatoms. The van der Waals surface area contributed by atoms with Gasteiger partial charge in [0.15, 0.2) is 0 Å². The zero-order valence-electron chi connectivity index (χ0n) is 13.0. The number of para-hydroxylation sites is 1. The molecule has 0 unspecified atom stereocenters. The van der Waals surface area contributed by atoms with Gasteiger partial charge in [0.1, 0.15) is 5.82 Å². The van der Waals surface area contributed by atoms with Gasteiger partial charge in [0.05, 0.1) is 6.04 Å². The van der Waals surface area contributed by atoms with Crippen LogP contribution < -0.4 is 5.32 Å². The average molecular weight is 310 g/mol. The number of carbonyl (C=O) groups excluding carboxylic acids is 1. The predicted molar refractivity (Wildman–Crippen MR) is 89.5 cm³/mol. The molecule has 3 rings (SSSR count). The molecule has 3 nitrogen and oxygen atoms in total. The second-order valence-corrected chi connectivity index (χ2v) is 5.63. The molecule has 0 radical (unpaired) electrons. The third-order valence-electron chi connectivity index (χ3n) is 4.01. The van der Waals surface area contributed by atoms with Gasteiger partial charge in [0.25, 0.3) is 0 Å². The first-order chi connectivity index (χ1) is 11.1. The van der Waals surface area contributed by atoms with E-state index in [1.807, 2.05) is 36.5 Å². The van der Waals surface area contributed by atoms with Crippen LogP contribution in [0.3, 0.4) is 0 Å². The van der Waals surface area contributed by atoms with Gasteiger partial charge in [-0.15, -0.1) is 0 Å². The topological polar surface area (TPSA) is 34.0 Å². The Hall–Kier alpha value is -2.62. The number of nitrogens with zero attached hydrogens (tertiary/aromatic N) is 1. The van der Waals surface area contributed by atoms with Crippen molar-refractivity contribution in [1.29, 1.82) is 0 Å². The van der Waals surface area contributed by atoms with E-state index in [-0.39, 0.29) is 17.8 Å². The Balaban J connectivity index is 1.61. The molecule has 0 aliphatic carbocycles. The number of amides is 1. The maximum atomic E-state index is 13.7. The highest BCUT2D eigenvalue weighted by Gasteiger charge is 2.13. The monoisotopic (exact) mass is 310 g/mol. The number of nitrogens with one attached hydrogen (secondary N) is 1. The van der Waals surface area contributed by atoms with Crippen LogP contribution in [0.2, 0.25) is 0 Å². The number of aryl methyl sites for hydroxylation is 1. The van der Waals surface area contributed by atoms with Gasteiger partial charge in [-0.25, -0.2) is 4.39 Å². The Morgan fingerprint density at radius 3 is 2.70 bits per heavy atom. The van der Waals surface area contributed by atoms with Crippen molar-refractivity contribution in [2.45, 2.75) is 25.9 Å². The number of hydrogen-bond donors (Lipinski definition) is 1. The van der Waals surface area contributed by atoms with Gasteiger partial charge in [0, 0.05) is 30.2 Å². The molecule has 1 atom stereocenters. The van der Waals surface area contributed by atoms with Crippen molar-refractivity contribution in [3.05, 3.63) is 72.2 Å². The molecule has 0 fully saturated rings. The average Bonchev–Trinajstić information content (AvgIpc) is 2.96. The van der Waals surface area contributed by atoms with E-state index in [0.717, 1.165) is 10.9 Å². The zero-order valence-corrected chi connectivity index (χ0v) is 13.0. The van der Waals surface area contributed by atoms with Crippen LogP contribution in [0, 0.1) is 5.82 Å². The second-order valence-electron chi connectivity index (χ2n) is 5.63. The van der Waals surface area contributed by atoms with Crippen LogP contribution in [0.25, 0.3) is 10.9 Å². The molecule has 2 aromatic carbocycles. The Kier molecular flexibility index (Phi) is 4.42. The lowest BCUT2D eigenvalue weighted by atomic mass is 10.1. The lowest BCUT2D eigenvalue weighted by Crippen LogP contribution is -2.27. The summed E-state index contributed by atoms with van der Waals surface area (Å²) in [5, 5.41) is 4.02. The maximum absolute atomic E-state index is 13.7. The molecule has 0 aliphatic rings. The summed E-state index contributed by atoms with van der Waals surface area (Å²) in [6, 6.07) is 16.3. The molecule has 0 saturated heterocycles. The lowest BCUT2D eigenvalue weighted by Gasteiger charge is -2.15. The maximum Gasteiger partial charge on any atom is 0.222 e. The Morgan fingerprint density at radius 1 is 1.13 bits per heavy atom. The third kappa shape index (κ3) is 3.42. The highest BCUT2D eigenvalue weighted by molar-refractivity contribution is 5.80. The highest BCUT2D eigenvalue weighted by Crippen LogP contribution is 2.17. The molecule has 118 valence electrons. The second kappa shape index (κ2) is 6.65. The highest BCUT2D eigenvalue weighted by atomic mass is 19.1. The van der Waals surface area contributed by atoms with Crippen LogP contribution in [-0.2, 0) is 11.3 Å². The van der Waals surface area contributed by atoms with Crippen LogP contribution in [-0.4, -0.2) is 10.5 Å². The van der Waals surface area contributed by atoms with E-state index in [0.29, 0.717) is 18.5 Å². The quantitative estimate of drug-likeness (QED) is 0.758. The van der Waals surface area contributed by atoms with E-state index in [4.69, 9.17) is 0 Å². The number of carbonyl (C=O) groups is 1. The van der Waals surface area contributed by atoms with E-state index in [9.17, 15) is 9.18 Å². The van der Waals surface area contributed by atoms with Crippen molar-refractivity contribution < 1.29 is 9.18 Å². The van der Waals surface area contributed by atoms with Crippen molar-refractivity contribution in [3.63, 3.8) is 0 Å². The summed E-state index contributed by atoms with van der Waals surface area (Å²) in [6.45, 7) is 2.39. The number of benzene rings is 2. The molecule has 23 heavy (non-hydrogen) atoms. The summed E-state index contributed by atoms with van der Waals surface area (Å²) in [5.41, 5.74) is 1.62. The normalized spacial score (nSPS) is 12.3. The van der Waals surface area contributed by atoms with Gasteiger partial charge in [0.2, 0.25) is 5.91 Å². The molecular weight excluding hydrogens is 291 g/mol.